The fourth-order valence-electron chi connectivity index (χ4n) is 3.45. The van der Waals surface area contributed by atoms with Crippen LogP contribution < -0.4 is 20.1 Å². The van der Waals surface area contributed by atoms with Gasteiger partial charge in [-0.25, -0.2) is 0 Å². The zero-order chi connectivity index (χ0) is 23.9. The van der Waals surface area contributed by atoms with E-state index < -0.39 is 0 Å². The van der Waals surface area contributed by atoms with Gasteiger partial charge >= 0.3 is 0 Å². The van der Waals surface area contributed by atoms with Gasteiger partial charge in [-0.1, -0.05) is 13.8 Å². The molecule has 0 aliphatic carbocycles. The zero-order valence-corrected chi connectivity index (χ0v) is 20.1. The number of ether oxygens (including phenoxy) is 3. The molecule has 0 saturated carbocycles. The molecule has 33 heavy (non-hydrogen) atoms. The van der Waals surface area contributed by atoms with Crippen molar-refractivity contribution in [2.75, 3.05) is 33.4 Å². The molecule has 2 N–H and O–H groups in total. The van der Waals surface area contributed by atoms with Crippen LogP contribution in [-0.4, -0.2) is 50.4 Å². The maximum atomic E-state index is 12.8. The molecule has 2 rings (SSSR count). The Labute approximate surface area is 197 Å². The topological polar surface area (TPSA) is 86.4 Å². The number of hydrogen-bond donors (Lipinski definition) is 1. The highest BCUT2D eigenvalue weighted by Gasteiger charge is 2.16. The van der Waals surface area contributed by atoms with Crippen LogP contribution in [0.3, 0.4) is 0 Å². The van der Waals surface area contributed by atoms with Gasteiger partial charge in [0.05, 0.1) is 26.5 Å². The van der Waals surface area contributed by atoms with Crippen LogP contribution in [0.25, 0.3) is 0 Å². The number of carbonyl (C=O) groups is 1. The molecule has 0 aliphatic heterocycles. The summed E-state index contributed by atoms with van der Waals surface area (Å²) in [7, 11) is 1.60. The number of methoxy groups -OCH3 is 1. The lowest BCUT2D eigenvalue weighted by Gasteiger charge is -2.22. The summed E-state index contributed by atoms with van der Waals surface area (Å²) in [6, 6.07) is 13.1. The molecule has 0 atom stereocenters. The van der Waals surface area contributed by atoms with E-state index in [1.165, 1.54) is 0 Å². The van der Waals surface area contributed by atoms with Crippen molar-refractivity contribution in [3.63, 3.8) is 0 Å². The molecular weight excluding hydrogens is 418 g/mol. The van der Waals surface area contributed by atoms with Gasteiger partial charge in [0, 0.05) is 18.7 Å². The Morgan fingerprint density at radius 1 is 0.939 bits per heavy atom. The third-order valence-corrected chi connectivity index (χ3v) is 5.10. The zero-order valence-electron chi connectivity index (χ0n) is 20.1. The number of carbonyl (C=O) groups excluding carboxylic acids is 1. The summed E-state index contributed by atoms with van der Waals surface area (Å²) >= 11 is 0. The summed E-state index contributed by atoms with van der Waals surface area (Å²) < 4.78 is 17.1. The van der Waals surface area contributed by atoms with E-state index in [0.29, 0.717) is 30.3 Å². The summed E-state index contributed by atoms with van der Waals surface area (Å²) in [4.78, 5) is 14.7. The average molecular weight is 456 g/mol. The predicted molar refractivity (Wildman–Crippen MR) is 133 cm³/mol. The van der Waals surface area contributed by atoms with E-state index in [-0.39, 0.29) is 5.91 Å². The fourth-order valence-corrected chi connectivity index (χ4v) is 3.45. The van der Waals surface area contributed by atoms with E-state index in [2.05, 4.69) is 18.9 Å². The van der Waals surface area contributed by atoms with Gasteiger partial charge in [0.2, 0.25) is 0 Å². The summed E-state index contributed by atoms with van der Waals surface area (Å²) in [6.07, 6.45) is 6.29. The number of nitrogens with zero attached hydrogens (tertiary/aromatic N) is 2. The molecule has 2 aromatic rings. The molecule has 0 spiro atoms. The smallest absolute Gasteiger partial charge is 0.253 e. The van der Waals surface area contributed by atoms with E-state index in [1.54, 1.807) is 19.4 Å². The van der Waals surface area contributed by atoms with Crippen molar-refractivity contribution in [3.8, 4) is 17.2 Å². The summed E-state index contributed by atoms with van der Waals surface area (Å²) in [5.74, 6) is 7.25. The van der Waals surface area contributed by atoms with Crippen molar-refractivity contribution < 1.29 is 19.0 Å². The van der Waals surface area contributed by atoms with Gasteiger partial charge in [-0.05, 0) is 80.1 Å². The maximum absolute atomic E-state index is 12.8. The van der Waals surface area contributed by atoms with Crippen LogP contribution in [0.1, 0.15) is 61.9 Å². The molecule has 0 fully saturated rings. The molecule has 1 amide bonds. The van der Waals surface area contributed by atoms with Gasteiger partial charge in [0.15, 0.2) is 11.5 Å². The lowest BCUT2D eigenvalue weighted by molar-refractivity contribution is 0.0755. The Hall–Kier alpha value is -3.22. The van der Waals surface area contributed by atoms with Crippen molar-refractivity contribution in [2.45, 2.75) is 46.0 Å². The minimum Gasteiger partial charge on any atom is -0.494 e. The van der Waals surface area contributed by atoms with Crippen molar-refractivity contribution >= 4 is 12.1 Å². The third kappa shape index (κ3) is 8.67. The third-order valence-electron chi connectivity index (χ3n) is 5.10. The van der Waals surface area contributed by atoms with E-state index in [9.17, 15) is 4.79 Å². The van der Waals surface area contributed by atoms with Gasteiger partial charge in [-0.3, -0.25) is 4.79 Å². The number of amides is 1. The van der Waals surface area contributed by atoms with Crippen molar-refractivity contribution in [2.24, 2.45) is 10.9 Å². The number of benzene rings is 2. The molecular formula is C26H37N3O4. The van der Waals surface area contributed by atoms with Crippen LogP contribution in [0.15, 0.2) is 47.6 Å². The minimum atomic E-state index is 0.0331. The molecule has 0 unspecified atom stereocenters. The van der Waals surface area contributed by atoms with Crippen LogP contribution in [0.4, 0.5) is 0 Å². The normalized spacial score (nSPS) is 10.9. The van der Waals surface area contributed by atoms with E-state index in [0.717, 1.165) is 56.5 Å². The van der Waals surface area contributed by atoms with Crippen molar-refractivity contribution in [1.82, 2.24) is 4.90 Å². The standard InChI is InChI=1S/C26H37N3O4/c1-4-15-29(16-5-2)26(30)22-11-14-24(25(19-22)31-3)33-18-8-6-7-17-32-23-12-9-21(10-13-23)20-28-27/h9-14,19-20H,4-8,15-18,27H2,1-3H3. The van der Waals surface area contributed by atoms with Gasteiger partial charge in [0.1, 0.15) is 5.75 Å². The van der Waals surface area contributed by atoms with Gasteiger partial charge in [0.25, 0.3) is 5.91 Å². The average Bonchev–Trinajstić information content (AvgIpc) is 2.84. The van der Waals surface area contributed by atoms with E-state index in [4.69, 9.17) is 20.1 Å². The van der Waals surface area contributed by atoms with Crippen molar-refractivity contribution in [3.05, 3.63) is 53.6 Å². The Morgan fingerprint density at radius 2 is 1.61 bits per heavy atom. The molecule has 0 saturated heterocycles. The van der Waals surface area contributed by atoms with Gasteiger partial charge in [-0.15, -0.1) is 0 Å². The summed E-state index contributed by atoms with van der Waals surface area (Å²) in [5.41, 5.74) is 1.57. The van der Waals surface area contributed by atoms with Gasteiger partial charge in [-0.2, -0.15) is 5.10 Å². The molecule has 0 heterocycles. The van der Waals surface area contributed by atoms with Gasteiger partial charge < -0.3 is 25.0 Å². The highest BCUT2D eigenvalue weighted by molar-refractivity contribution is 5.95. The van der Waals surface area contributed by atoms with Crippen LogP contribution >= 0.6 is 0 Å². The Morgan fingerprint density at radius 3 is 2.21 bits per heavy atom. The number of hydrogen-bond acceptors (Lipinski definition) is 6. The van der Waals surface area contributed by atoms with Crippen molar-refractivity contribution in [1.29, 1.82) is 0 Å². The summed E-state index contributed by atoms with van der Waals surface area (Å²) in [6.45, 7) is 6.90. The van der Waals surface area contributed by atoms with Crippen LogP contribution in [0, 0.1) is 0 Å². The Balaban J connectivity index is 1.75. The Bertz CT molecular complexity index is 862. The first kappa shape index (κ1) is 26.0. The number of nitrogens with two attached hydrogens (primary N) is 1. The van der Waals surface area contributed by atoms with Crippen LogP contribution in [0.5, 0.6) is 17.2 Å². The highest BCUT2D eigenvalue weighted by Crippen LogP contribution is 2.29. The van der Waals surface area contributed by atoms with Crippen LogP contribution in [0.2, 0.25) is 0 Å². The summed E-state index contributed by atoms with van der Waals surface area (Å²) in [5, 5.41) is 3.50. The number of rotatable bonds is 15. The number of unbranched alkanes of at least 4 members (excludes halogenated alkanes) is 2. The molecule has 7 nitrogen and oxygen atoms in total. The minimum absolute atomic E-state index is 0.0331. The lowest BCUT2D eigenvalue weighted by atomic mass is 10.1. The Kier molecular flexibility index (Phi) is 11.7. The highest BCUT2D eigenvalue weighted by atomic mass is 16.5. The fraction of sp³-hybridized carbons (Fsp3) is 0.462. The molecule has 7 heteroatoms. The van der Waals surface area contributed by atoms with E-state index >= 15 is 0 Å². The number of hydrazone groups is 1. The molecule has 0 radical (unpaired) electrons. The maximum Gasteiger partial charge on any atom is 0.253 e. The largest absolute Gasteiger partial charge is 0.494 e. The molecule has 2 aromatic carbocycles. The molecule has 0 aliphatic rings. The second kappa shape index (κ2) is 14.8. The quantitative estimate of drug-likeness (QED) is 0.179. The van der Waals surface area contributed by atoms with Crippen LogP contribution in [-0.2, 0) is 0 Å². The lowest BCUT2D eigenvalue weighted by Crippen LogP contribution is -2.32. The van der Waals surface area contributed by atoms with E-state index in [1.807, 2.05) is 41.3 Å². The molecule has 0 bridgehead atoms. The SMILES string of the molecule is CCCN(CCC)C(=O)c1ccc(OCCCCCOc2ccc(C=NN)cc2)c(OC)c1. The molecule has 0 aromatic heterocycles. The predicted octanol–water partition coefficient (Wildman–Crippen LogP) is 4.88. The first-order valence-electron chi connectivity index (χ1n) is 11.7. The molecule has 180 valence electrons. The first-order chi connectivity index (χ1) is 16.1. The second-order valence-corrected chi connectivity index (χ2v) is 7.76. The second-order valence-electron chi connectivity index (χ2n) is 7.76. The first-order valence-corrected chi connectivity index (χ1v) is 11.7. The monoisotopic (exact) mass is 455 g/mol.